The predicted octanol–water partition coefficient (Wildman–Crippen LogP) is 2.99. The first-order valence-corrected chi connectivity index (χ1v) is 6.50. The Morgan fingerprint density at radius 1 is 1.00 bits per heavy atom. The largest absolute Gasteiger partial charge is 0.365 e. The average molecular weight is 250 g/mol. The SMILES string of the molecule is CNc1nc2c(ccc3nc(NC)sc32)s1. The summed E-state index contributed by atoms with van der Waals surface area (Å²) >= 11 is 3.31. The number of nitrogens with zero attached hydrogens (tertiary/aromatic N) is 2. The van der Waals surface area contributed by atoms with Gasteiger partial charge in [-0.2, -0.15) is 0 Å². The monoisotopic (exact) mass is 250 g/mol. The van der Waals surface area contributed by atoms with E-state index in [1.165, 1.54) is 4.70 Å². The van der Waals surface area contributed by atoms with Crippen molar-refractivity contribution >= 4 is 53.4 Å². The van der Waals surface area contributed by atoms with Gasteiger partial charge in [0.05, 0.1) is 14.9 Å². The van der Waals surface area contributed by atoms with E-state index in [0.717, 1.165) is 26.0 Å². The molecule has 0 unspecified atom stereocenters. The van der Waals surface area contributed by atoms with Crippen LogP contribution in [-0.2, 0) is 0 Å². The second-order valence-corrected chi connectivity index (χ2v) is 5.33. The van der Waals surface area contributed by atoms with Gasteiger partial charge in [-0.1, -0.05) is 22.7 Å². The summed E-state index contributed by atoms with van der Waals surface area (Å²) in [6.45, 7) is 0. The Hall–Kier alpha value is -1.40. The predicted molar refractivity (Wildman–Crippen MR) is 71.9 cm³/mol. The van der Waals surface area contributed by atoms with Gasteiger partial charge in [-0.15, -0.1) is 0 Å². The lowest BCUT2D eigenvalue weighted by Crippen LogP contribution is -1.84. The molecule has 4 nitrogen and oxygen atoms in total. The number of benzene rings is 1. The summed E-state index contributed by atoms with van der Waals surface area (Å²) < 4.78 is 2.35. The Morgan fingerprint density at radius 2 is 1.75 bits per heavy atom. The topological polar surface area (TPSA) is 49.8 Å². The molecule has 3 aromatic rings. The van der Waals surface area contributed by atoms with Crippen molar-refractivity contribution in [1.82, 2.24) is 9.97 Å². The van der Waals surface area contributed by atoms with E-state index < -0.39 is 0 Å². The number of hydrogen-bond acceptors (Lipinski definition) is 6. The van der Waals surface area contributed by atoms with Gasteiger partial charge in [-0.25, -0.2) is 9.97 Å². The maximum Gasteiger partial charge on any atom is 0.183 e. The second-order valence-electron chi connectivity index (χ2n) is 3.30. The summed E-state index contributed by atoms with van der Waals surface area (Å²) in [5, 5.41) is 8.03. The molecule has 0 atom stereocenters. The summed E-state index contributed by atoms with van der Waals surface area (Å²) in [4.78, 5) is 9.03. The molecule has 0 saturated heterocycles. The van der Waals surface area contributed by atoms with Gasteiger partial charge in [0.2, 0.25) is 0 Å². The Kier molecular flexibility index (Phi) is 2.19. The molecule has 0 spiro atoms. The van der Waals surface area contributed by atoms with Crippen LogP contribution in [0.25, 0.3) is 20.4 Å². The zero-order valence-corrected chi connectivity index (χ0v) is 10.5. The van der Waals surface area contributed by atoms with Crippen molar-refractivity contribution in [3.05, 3.63) is 12.1 Å². The number of anilines is 2. The highest BCUT2D eigenvalue weighted by atomic mass is 32.1. The maximum absolute atomic E-state index is 4.56. The molecule has 2 aromatic heterocycles. The molecule has 2 N–H and O–H groups in total. The second kappa shape index (κ2) is 3.57. The molecule has 0 radical (unpaired) electrons. The van der Waals surface area contributed by atoms with Gasteiger partial charge in [-0.3, -0.25) is 0 Å². The van der Waals surface area contributed by atoms with Crippen molar-refractivity contribution in [2.45, 2.75) is 0 Å². The average Bonchev–Trinajstić information content (AvgIpc) is 2.90. The van der Waals surface area contributed by atoms with Gasteiger partial charge < -0.3 is 10.6 Å². The van der Waals surface area contributed by atoms with Crippen LogP contribution in [0, 0.1) is 0 Å². The summed E-state index contributed by atoms with van der Waals surface area (Å²) in [6.07, 6.45) is 0. The fraction of sp³-hybridized carbons (Fsp3) is 0.200. The molecule has 2 heterocycles. The zero-order chi connectivity index (χ0) is 11.1. The zero-order valence-electron chi connectivity index (χ0n) is 8.87. The maximum atomic E-state index is 4.56. The van der Waals surface area contributed by atoms with E-state index in [-0.39, 0.29) is 0 Å². The molecular formula is C10H10N4S2. The molecule has 0 aliphatic rings. The van der Waals surface area contributed by atoms with Crippen molar-refractivity contribution in [3.63, 3.8) is 0 Å². The van der Waals surface area contributed by atoms with Gasteiger partial charge in [-0.05, 0) is 12.1 Å². The Labute approximate surface area is 100 Å². The highest BCUT2D eigenvalue weighted by Crippen LogP contribution is 2.35. The Balaban J connectivity index is 2.37. The van der Waals surface area contributed by atoms with Gasteiger partial charge in [0.1, 0.15) is 5.52 Å². The van der Waals surface area contributed by atoms with Gasteiger partial charge >= 0.3 is 0 Å². The van der Waals surface area contributed by atoms with E-state index in [9.17, 15) is 0 Å². The normalized spacial score (nSPS) is 11.1. The van der Waals surface area contributed by atoms with Crippen LogP contribution >= 0.6 is 22.7 Å². The lowest BCUT2D eigenvalue weighted by atomic mass is 10.3. The fourth-order valence-electron chi connectivity index (χ4n) is 1.59. The van der Waals surface area contributed by atoms with Gasteiger partial charge in [0.15, 0.2) is 10.3 Å². The van der Waals surface area contributed by atoms with Crippen LogP contribution in [0.1, 0.15) is 0 Å². The molecule has 0 saturated carbocycles. The minimum Gasteiger partial charge on any atom is -0.365 e. The number of fused-ring (bicyclic) bond motifs is 3. The van der Waals surface area contributed by atoms with E-state index in [1.54, 1.807) is 22.7 Å². The molecular weight excluding hydrogens is 240 g/mol. The van der Waals surface area contributed by atoms with Crippen LogP contribution in [0.3, 0.4) is 0 Å². The van der Waals surface area contributed by atoms with Crippen molar-refractivity contribution in [1.29, 1.82) is 0 Å². The van der Waals surface area contributed by atoms with Crippen LogP contribution in [0.15, 0.2) is 12.1 Å². The molecule has 16 heavy (non-hydrogen) atoms. The number of thiazole rings is 2. The van der Waals surface area contributed by atoms with Crippen LogP contribution in [-0.4, -0.2) is 24.1 Å². The quantitative estimate of drug-likeness (QED) is 0.734. The van der Waals surface area contributed by atoms with Crippen molar-refractivity contribution in [3.8, 4) is 0 Å². The summed E-state index contributed by atoms with van der Waals surface area (Å²) in [6, 6.07) is 4.13. The van der Waals surface area contributed by atoms with E-state index >= 15 is 0 Å². The molecule has 1 aromatic carbocycles. The van der Waals surface area contributed by atoms with Crippen molar-refractivity contribution in [2.75, 3.05) is 24.7 Å². The fourth-order valence-corrected chi connectivity index (χ4v) is 3.39. The highest BCUT2D eigenvalue weighted by molar-refractivity contribution is 7.25. The third-order valence-corrected chi connectivity index (χ3v) is 4.48. The minimum absolute atomic E-state index is 0.932. The van der Waals surface area contributed by atoms with Gasteiger partial charge in [0, 0.05) is 14.1 Å². The van der Waals surface area contributed by atoms with E-state index in [0.29, 0.717) is 0 Å². The van der Waals surface area contributed by atoms with Crippen LogP contribution in [0.4, 0.5) is 10.3 Å². The van der Waals surface area contributed by atoms with E-state index in [1.807, 2.05) is 20.2 Å². The molecule has 0 aliphatic carbocycles. The van der Waals surface area contributed by atoms with Crippen molar-refractivity contribution in [2.24, 2.45) is 0 Å². The lowest BCUT2D eigenvalue weighted by molar-refractivity contribution is 1.41. The smallest absolute Gasteiger partial charge is 0.183 e. The minimum atomic E-state index is 0.932. The first kappa shape index (κ1) is 9.80. The number of hydrogen-bond donors (Lipinski definition) is 2. The first-order valence-electron chi connectivity index (χ1n) is 4.87. The Bertz CT molecular complexity index is 598. The van der Waals surface area contributed by atoms with Gasteiger partial charge in [0.25, 0.3) is 0 Å². The van der Waals surface area contributed by atoms with E-state index in [4.69, 9.17) is 0 Å². The first-order chi connectivity index (χ1) is 7.81. The molecule has 0 aliphatic heterocycles. The summed E-state index contributed by atoms with van der Waals surface area (Å²) in [5.41, 5.74) is 2.06. The molecule has 0 fully saturated rings. The Morgan fingerprint density at radius 3 is 2.50 bits per heavy atom. The van der Waals surface area contributed by atoms with E-state index in [2.05, 4.69) is 26.7 Å². The molecule has 82 valence electrons. The lowest BCUT2D eigenvalue weighted by Gasteiger charge is -1.87. The van der Waals surface area contributed by atoms with Crippen LogP contribution in [0.2, 0.25) is 0 Å². The highest BCUT2D eigenvalue weighted by Gasteiger charge is 2.10. The molecule has 0 bridgehead atoms. The molecule has 6 heteroatoms. The summed E-state index contributed by atoms with van der Waals surface area (Å²) in [7, 11) is 3.77. The molecule has 0 amide bonds. The third-order valence-electron chi connectivity index (χ3n) is 2.34. The summed E-state index contributed by atoms with van der Waals surface area (Å²) in [5.74, 6) is 0. The standard InChI is InChI=1S/C10H10N4S2/c1-11-9-13-5-3-4-6-7(8(5)16-9)14-10(12-2)15-6/h3-4H,1-2H3,(H,11,13)(H,12,14). The number of nitrogens with one attached hydrogen (secondary N) is 2. The number of rotatable bonds is 2. The van der Waals surface area contributed by atoms with Crippen LogP contribution < -0.4 is 10.6 Å². The third kappa shape index (κ3) is 1.34. The molecule has 3 rings (SSSR count). The van der Waals surface area contributed by atoms with Crippen molar-refractivity contribution < 1.29 is 0 Å². The van der Waals surface area contributed by atoms with Crippen LogP contribution in [0.5, 0.6) is 0 Å². The number of aromatic nitrogens is 2.